The van der Waals surface area contributed by atoms with E-state index in [-0.39, 0.29) is 5.91 Å². The summed E-state index contributed by atoms with van der Waals surface area (Å²) in [6.07, 6.45) is 3.02. The molecule has 0 saturated heterocycles. The van der Waals surface area contributed by atoms with Crippen molar-refractivity contribution in [3.63, 3.8) is 0 Å². The Morgan fingerprint density at radius 1 is 1.33 bits per heavy atom. The van der Waals surface area contributed by atoms with Crippen LogP contribution in [0.4, 0.5) is 5.69 Å². The van der Waals surface area contributed by atoms with Gasteiger partial charge >= 0.3 is 5.97 Å². The summed E-state index contributed by atoms with van der Waals surface area (Å²) in [6.45, 7) is 0. The monoisotopic (exact) mass is 321 g/mol. The van der Waals surface area contributed by atoms with Gasteiger partial charge < -0.3 is 10.1 Å². The summed E-state index contributed by atoms with van der Waals surface area (Å²) in [4.78, 5) is 23.7. The molecule has 1 heterocycles. The predicted molar refractivity (Wildman–Crippen MR) is 84.8 cm³/mol. The predicted octanol–water partition coefficient (Wildman–Crippen LogP) is 3.84. The van der Waals surface area contributed by atoms with Crippen molar-refractivity contribution < 1.29 is 14.3 Å². The van der Waals surface area contributed by atoms with E-state index in [2.05, 4.69) is 10.1 Å². The average Bonchev–Trinajstić information content (AvgIpc) is 2.92. The SMILES string of the molecule is COC(=O)c1sccc1NC(=O)C=Cc1cccc(Cl)c1. The van der Waals surface area contributed by atoms with Gasteiger partial charge in [-0.3, -0.25) is 4.79 Å². The molecule has 0 aliphatic heterocycles. The molecule has 0 bridgehead atoms. The number of benzene rings is 1. The van der Waals surface area contributed by atoms with Crippen LogP contribution in [0.15, 0.2) is 41.8 Å². The summed E-state index contributed by atoms with van der Waals surface area (Å²) in [5, 5.41) is 4.95. The maximum Gasteiger partial charge on any atom is 0.350 e. The normalized spacial score (nSPS) is 10.6. The lowest BCUT2D eigenvalue weighted by Gasteiger charge is -2.02. The van der Waals surface area contributed by atoms with E-state index in [9.17, 15) is 9.59 Å². The van der Waals surface area contributed by atoms with Crippen LogP contribution in [-0.4, -0.2) is 19.0 Å². The first-order valence-electron chi connectivity index (χ1n) is 6.00. The summed E-state index contributed by atoms with van der Waals surface area (Å²) in [7, 11) is 1.30. The highest BCUT2D eigenvalue weighted by Gasteiger charge is 2.14. The van der Waals surface area contributed by atoms with E-state index in [1.807, 2.05) is 6.07 Å². The minimum Gasteiger partial charge on any atom is -0.465 e. The van der Waals surface area contributed by atoms with Gasteiger partial charge in [-0.25, -0.2) is 4.79 Å². The van der Waals surface area contributed by atoms with Gasteiger partial charge in [0, 0.05) is 11.1 Å². The number of carbonyl (C=O) groups is 2. The fourth-order valence-electron chi connectivity index (χ4n) is 1.62. The molecule has 0 fully saturated rings. The Morgan fingerprint density at radius 3 is 2.86 bits per heavy atom. The Labute approximate surface area is 131 Å². The maximum atomic E-state index is 11.9. The Morgan fingerprint density at radius 2 is 2.14 bits per heavy atom. The molecule has 0 radical (unpaired) electrons. The van der Waals surface area contributed by atoms with E-state index >= 15 is 0 Å². The second-order valence-electron chi connectivity index (χ2n) is 4.03. The number of carbonyl (C=O) groups excluding carboxylic acids is 2. The third-order valence-corrected chi connectivity index (χ3v) is 3.70. The molecule has 6 heteroatoms. The third-order valence-electron chi connectivity index (χ3n) is 2.57. The van der Waals surface area contributed by atoms with Crippen LogP contribution in [0, 0.1) is 0 Å². The summed E-state index contributed by atoms with van der Waals surface area (Å²) < 4.78 is 4.65. The fraction of sp³-hybridized carbons (Fsp3) is 0.0667. The highest BCUT2D eigenvalue weighted by molar-refractivity contribution is 7.12. The molecule has 0 saturated carbocycles. The Balaban J connectivity index is 2.05. The molecule has 0 spiro atoms. The lowest BCUT2D eigenvalue weighted by Crippen LogP contribution is -2.10. The zero-order chi connectivity index (χ0) is 15.2. The van der Waals surface area contributed by atoms with Crippen LogP contribution in [0.3, 0.4) is 0 Å². The molecule has 1 aromatic carbocycles. The van der Waals surface area contributed by atoms with Gasteiger partial charge in [-0.2, -0.15) is 0 Å². The standard InChI is InChI=1S/C15H12ClNO3S/c1-20-15(19)14-12(7-8-21-14)17-13(18)6-5-10-3-2-4-11(16)9-10/h2-9H,1H3,(H,17,18). The van der Waals surface area contributed by atoms with Crippen LogP contribution in [0.1, 0.15) is 15.2 Å². The number of hydrogen-bond donors (Lipinski definition) is 1. The maximum absolute atomic E-state index is 11.9. The zero-order valence-corrected chi connectivity index (χ0v) is 12.7. The van der Waals surface area contributed by atoms with Gasteiger partial charge in [0.05, 0.1) is 12.8 Å². The molecular weight excluding hydrogens is 310 g/mol. The second-order valence-corrected chi connectivity index (χ2v) is 5.39. The molecule has 0 unspecified atom stereocenters. The third kappa shape index (κ3) is 4.18. The first-order valence-corrected chi connectivity index (χ1v) is 7.26. The van der Waals surface area contributed by atoms with Crippen molar-refractivity contribution in [3.05, 3.63) is 57.3 Å². The largest absolute Gasteiger partial charge is 0.465 e. The van der Waals surface area contributed by atoms with Crippen molar-refractivity contribution in [3.8, 4) is 0 Å². The molecule has 108 valence electrons. The number of halogens is 1. The molecule has 1 aromatic heterocycles. The summed E-state index contributed by atoms with van der Waals surface area (Å²) >= 11 is 7.07. The van der Waals surface area contributed by atoms with Crippen molar-refractivity contribution in [2.45, 2.75) is 0 Å². The summed E-state index contributed by atoms with van der Waals surface area (Å²) in [5.74, 6) is -0.808. The number of amides is 1. The fourth-order valence-corrected chi connectivity index (χ4v) is 2.58. The molecule has 4 nitrogen and oxygen atoms in total. The van der Waals surface area contributed by atoms with Gasteiger partial charge in [0.25, 0.3) is 0 Å². The number of anilines is 1. The van der Waals surface area contributed by atoms with Crippen molar-refractivity contribution >= 4 is 46.6 Å². The van der Waals surface area contributed by atoms with Crippen LogP contribution in [0.25, 0.3) is 6.08 Å². The van der Waals surface area contributed by atoms with E-state index in [1.54, 1.807) is 35.7 Å². The number of rotatable bonds is 4. The Bertz CT molecular complexity index is 694. The van der Waals surface area contributed by atoms with Crippen LogP contribution >= 0.6 is 22.9 Å². The Kier molecular flexibility index (Phi) is 5.14. The highest BCUT2D eigenvalue weighted by Crippen LogP contribution is 2.23. The molecular formula is C15H12ClNO3S. The van der Waals surface area contributed by atoms with Crippen LogP contribution < -0.4 is 5.32 Å². The smallest absolute Gasteiger partial charge is 0.350 e. The Hall–Kier alpha value is -2.11. The minimum absolute atomic E-state index is 0.335. The van der Waals surface area contributed by atoms with Crippen molar-refractivity contribution in [1.82, 2.24) is 0 Å². The second kappa shape index (κ2) is 7.06. The van der Waals surface area contributed by atoms with Gasteiger partial charge in [-0.15, -0.1) is 11.3 Å². The van der Waals surface area contributed by atoms with Crippen molar-refractivity contribution in [2.24, 2.45) is 0 Å². The molecule has 0 aliphatic rings. The van der Waals surface area contributed by atoms with Gasteiger partial charge in [-0.05, 0) is 35.2 Å². The van der Waals surface area contributed by atoms with Crippen molar-refractivity contribution in [2.75, 3.05) is 12.4 Å². The number of hydrogen-bond acceptors (Lipinski definition) is 4. The van der Waals surface area contributed by atoms with E-state index in [0.29, 0.717) is 15.6 Å². The number of thiophene rings is 1. The molecule has 1 N–H and O–H groups in total. The van der Waals surface area contributed by atoms with Gasteiger partial charge in [0.1, 0.15) is 4.88 Å². The lowest BCUT2D eigenvalue weighted by molar-refractivity contribution is -0.111. The van der Waals surface area contributed by atoms with E-state index < -0.39 is 5.97 Å². The molecule has 2 rings (SSSR count). The number of methoxy groups -OCH3 is 1. The van der Waals surface area contributed by atoms with Crippen LogP contribution in [0.5, 0.6) is 0 Å². The van der Waals surface area contributed by atoms with Crippen molar-refractivity contribution in [1.29, 1.82) is 0 Å². The first-order chi connectivity index (χ1) is 10.1. The first kappa shape index (κ1) is 15.3. The number of ether oxygens (including phenoxy) is 1. The molecule has 0 aliphatic carbocycles. The van der Waals surface area contributed by atoms with Crippen LogP contribution in [0.2, 0.25) is 5.02 Å². The highest BCUT2D eigenvalue weighted by atomic mass is 35.5. The minimum atomic E-state index is -0.473. The van der Waals surface area contributed by atoms with E-state index in [1.165, 1.54) is 24.5 Å². The lowest BCUT2D eigenvalue weighted by atomic mass is 10.2. The average molecular weight is 322 g/mol. The number of nitrogens with one attached hydrogen (secondary N) is 1. The topological polar surface area (TPSA) is 55.4 Å². The van der Waals surface area contributed by atoms with Gasteiger partial charge in [-0.1, -0.05) is 23.7 Å². The molecule has 0 atom stereocenters. The van der Waals surface area contributed by atoms with Gasteiger partial charge in [0.2, 0.25) is 5.91 Å². The molecule has 1 amide bonds. The quantitative estimate of drug-likeness (QED) is 0.687. The molecule has 2 aromatic rings. The molecule has 21 heavy (non-hydrogen) atoms. The van der Waals surface area contributed by atoms with Crippen LogP contribution in [-0.2, 0) is 9.53 Å². The number of esters is 1. The zero-order valence-electron chi connectivity index (χ0n) is 11.1. The summed E-state index contributed by atoms with van der Waals surface area (Å²) in [6, 6.07) is 8.79. The van der Waals surface area contributed by atoms with Gasteiger partial charge in [0.15, 0.2) is 0 Å². The van der Waals surface area contributed by atoms with E-state index in [4.69, 9.17) is 11.6 Å². The summed E-state index contributed by atoms with van der Waals surface area (Å²) in [5.41, 5.74) is 1.25. The van der Waals surface area contributed by atoms with E-state index in [0.717, 1.165) is 5.56 Å².